The number of amides is 1. The molecule has 21 heavy (non-hydrogen) atoms. The Morgan fingerprint density at radius 1 is 1.24 bits per heavy atom. The fourth-order valence-corrected chi connectivity index (χ4v) is 3.04. The monoisotopic (exact) mass is 351 g/mol. The summed E-state index contributed by atoms with van der Waals surface area (Å²) in [6.07, 6.45) is 8.88. The molecule has 0 spiro atoms. The van der Waals surface area contributed by atoms with Crippen molar-refractivity contribution in [3.8, 4) is 0 Å². The van der Waals surface area contributed by atoms with E-state index in [9.17, 15) is 9.90 Å². The smallest absolute Gasteiger partial charge is 0.244 e. The van der Waals surface area contributed by atoms with Gasteiger partial charge in [0.1, 0.15) is 0 Å². The molecular formula is C17H22BrNO2. The number of nitrogens with one attached hydrogen (secondary N) is 1. The maximum Gasteiger partial charge on any atom is 0.244 e. The summed E-state index contributed by atoms with van der Waals surface area (Å²) in [5.74, 6) is -0.101. The molecule has 0 radical (unpaired) electrons. The average molecular weight is 352 g/mol. The number of carbonyl (C=O) groups is 1. The maximum atomic E-state index is 11.9. The lowest BCUT2D eigenvalue weighted by atomic mass is 9.74. The van der Waals surface area contributed by atoms with Crippen LogP contribution in [0.15, 0.2) is 34.8 Å². The number of hydrogen-bond donors (Lipinski definition) is 2. The van der Waals surface area contributed by atoms with Crippen molar-refractivity contribution in [2.45, 2.75) is 32.1 Å². The lowest BCUT2D eigenvalue weighted by Gasteiger charge is -2.35. The Hall–Kier alpha value is -1.13. The summed E-state index contributed by atoms with van der Waals surface area (Å²) in [6, 6.07) is 7.79. The van der Waals surface area contributed by atoms with Crippen molar-refractivity contribution < 1.29 is 9.90 Å². The lowest BCUT2D eigenvalue weighted by molar-refractivity contribution is -0.117. The highest BCUT2D eigenvalue weighted by Crippen LogP contribution is 2.35. The molecule has 0 unspecified atom stereocenters. The Labute approximate surface area is 134 Å². The van der Waals surface area contributed by atoms with Gasteiger partial charge in [0.2, 0.25) is 5.91 Å². The first-order valence-electron chi connectivity index (χ1n) is 7.46. The van der Waals surface area contributed by atoms with Crippen molar-refractivity contribution in [3.63, 3.8) is 0 Å². The minimum Gasteiger partial charge on any atom is -0.396 e. The molecule has 0 atom stereocenters. The minimum absolute atomic E-state index is 0.101. The lowest BCUT2D eigenvalue weighted by Crippen LogP contribution is -2.40. The number of carbonyl (C=O) groups excluding carboxylic acids is 1. The molecule has 2 rings (SSSR count). The van der Waals surface area contributed by atoms with Crippen molar-refractivity contribution in [1.82, 2.24) is 5.32 Å². The number of aliphatic hydroxyl groups is 1. The summed E-state index contributed by atoms with van der Waals surface area (Å²) in [6.45, 7) is 0.719. The molecule has 114 valence electrons. The highest BCUT2D eigenvalue weighted by Gasteiger charge is 2.31. The number of benzene rings is 1. The second kappa shape index (κ2) is 7.76. The van der Waals surface area contributed by atoms with E-state index in [4.69, 9.17) is 0 Å². The molecular weight excluding hydrogens is 330 g/mol. The van der Waals surface area contributed by atoms with Crippen LogP contribution in [0.1, 0.15) is 37.7 Å². The normalized spacial score (nSPS) is 17.8. The summed E-state index contributed by atoms with van der Waals surface area (Å²) in [5.41, 5.74) is 0.877. The van der Waals surface area contributed by atoms with Crippen molar-refractivity contribution in [2.75, 3.05) is 13.2 Å². The maximum absolute atomic E-state index is 11.9. The zero-order valence-electron chi connectivity index (χ0n) is 12.1. The van der Waals surface area contributed by atoms with E-state index in [0.29, 0.717) is 6.54 Å². The molecule has 4 heteroatoms. The quantitative estimate of drug-likeness (QED) is 0.797. The van der Waals surface area contributed by atoms with E-state index >= 15 is 0 Å². The van der Waals surface area contributed by atoms with E-state index in [1.807, 2.05) is 24.3 Å². The van der Waals surface area contributed by atoms with Crippen LogP contribution in [0.25, 0.3) is 6.08 Å². The largest absolute Gasteiger partial charge is 0.396 e. The Kier molecular flexibility index (Phi) is 6.00. The zero-order valence-corrected chi connectivity index (χ0v) is 13.7. The number of rotatable bonds is 5. The second-order valence-corrected chi connectivity index (χ2v) is 6.74. The molecule has 1 fully saturated rings. The molecule has 0 heterocycles. The van der Waals surface area contributed by atoms with Crippen LogP contribution in [0.5, 0.6) is 0 Å². The molecule has 1 aromatic carbocycles. The van der Waals surface area contributed by atoms with Crippen molar-refractivity contribution in [3.05, 3.63) is 40.4 Å². The van der Waals surface area contributed by atoms with Gasteiger partial charge in [-0.15, -0.1) is 0 Å². The minimum atomic E-state index is -0.112. The Balaban J connectivity index is 1.85. The molecule has 3 nitrogen and oxygen atoms in total. The first-order chi connectivity index (χ1) is 10.1. The Morgan fingerprint density at radius 2 is 1.90 bits per heavy atom. The van der Waals surface area contributed by atoms with Gasteiger partial charge < -0.3 is 10.4 Å². The summed E-state index contributed by atoms with van der Waals surface area (Å²) < 4.78 is 1.02. The van der Waals surface area contributed by atoms with Crippen LogP contribution in [0.3, 0.4) is 0 Å². The van der Waals surface area contributed by atoms with Crippen LogP contribution in [0, 0.1) is 5.41 Å². The van der Waals surface area contributed by atoms with Crippen LogP contribution in [0.4, 0.5) is 0 Å². The van der Waals surface area contributed by atoms with Crippen LogP contribution in [0.2, 0.25) is 0 Å². The molecule has 2 N–H and O–H groups in total. The highest BCUT2D eigenvalue weighted by atomic mass is 79.9. The summed E-state index contributed by atoms with van der Waals surface area (Å²) in [5, 5.41) is 12.5. The van der Waals surface area contributed by atoms with Gasteiger partial charge in [0.15, 0.2) is 0 Å². The van der Waals surface area contributed by atoms with E-state index < -0.39 is 0 Å². The van der Waals surface area contributed by atoms with Crippen molar-refractivity contribution in [1.29, 1.82) is 0 Å². The van der Waals surface area contributed by atoms with Gasteiger partial charge in [-0.2, -0.15) is 0 Å². The SMILES string of the molecule is O=C(/C=C/c1ccc(Br)cc1)NCC1(CO)CCCCC1. The fourth-order valence-electron chi connectivity index (χ4n) is 2.77. The second-order valence-electron chi connectivity index (χ2n) is 5.82. The summed E-state index contributed by atoms with van der Waals surface area (Å²) in [7, 11) is 0. The molecule has 1 amide bonds. The predicted molar refractivity (Wildman–Crippen MR) is 88.8 cm³/mol. The molecule has 0 aliphatic heterocycles. The molecule has 0 aromatic heterocycles. The zero-order chi connectivity index (χ0) is 15.1. The third kappa shape index (κ3) is 4.97. The van der Waals surface area contributed by atoms with Gasteiger partial charge in [-0.1, -0.05) is 47.3 Å². The first-order valence-corrected chi connectivity index (χ1v) is 8.25. The predicted octanol–water partition coefficient (Wildman–Crippen LogP) is 3.52. The first kappa shape index (κ1) is 16.2. The van der Waals surface area contributed by atoms with Crippen molar-refractivity contribution >= 4 is 27.9 Å². The molecule has 1 aliphatic rings. The van der Waals surface area contributed by atoms with E-state index in [0.717, 1.165) is 35.7 Å². The van der Waals surface area contributed by atoms with Gasteiger partial charge in [-0.05, 0) is 36.6 Å². The Morgan fingerprint density at radius 3 is 2.52 bits per heavy atom. The van der Waals surface area contributed by atoms with Gasteiger partial charge in [0.25, 0.3) is 0 Å². The van der Waals surface area contributed by atoms with E-state index in [2.05, 4.69) is 21.2 Å². The average Bonchev–Trinajstić information content (AvgIpc) is 2.53. The molecule has 0 bridgehead atoms. The fraction of sp³-hybridized carbons (Fsp3) is 0.471. The van der Waals surface area contributed by atoms with Crippen LogP contribution in [-0.4, -0.2) is 24.2 Å². The third-order valence-electron chi connectivity index (χ3n) is 4.18. The number of hydrogen-bond acceptors (Lipinski definition) is 2. The van der Waals surface area contributed by atoms with Crippen LogP contribution < -0.4 is 5.32 Å². The molecule has 1 aliphatic carbocycles. The van der Waals surface area contributed by atoms with E-state index in [1.165, 1.54) is 6.42 Å². The van der Waals surface area contributed by atoms with E-state index in [1.54, 1.807) is 12.2 Å². The van der Waals surface area contributed by atoms with Gasteiger partial charge in [0.05, 0.1) is 6.61 Å². The Bertz CT molecular complexity index is 490. The summed E-state index contributed by atoms with van der Waals surface area (Å²) >= 11 is 3.38. The van der Waals surface area contributed by atoms with Gasteiger partial charge in [-0.3, -0.25) is 4.79 Å². The summed E-state index contributed by atoms with van der Waals surface area (Å²) in [4.78, 5) is 11.9. The van der Waals surface area contributed by atoms with Crippen LogP contribution in [-0.2, 0) is 4.79 Å². The number of halogens is 1. The topological polar surface area (TPSA) is 49.3 Å². The molecule has 0 saturated heterocycles. The molecule has 1 aromatic rings. The van der Waals surface area contributed by atoms with E-state index in [-0.39, 0.29) is 17.9 Å². The van der Waals surface area contributed by atoms with Gasteiger partial charge >= 0.3 is 0 Å². The van der Waals surface area contributed by atoms with Gasteiger partial charge in [0, 0.05) is 22.5 Å². The van der Waals surface area contributed by atoms with Crippen molar-refractivity contribution in [2.24, 2.45) is 5.41 Å². The standard InChI is InChI=1S/C17H22BrNO2/c18-15-7-4-14(5-8-15)6-9-16(21)19-12-17(13-20)10-2-1-3-11-17/h4-9,20H,1-3,10-13H2,(H,19,21)/b9-6+. The number of aliphatic hydroxyl groups excluding tert-OH is 1. The highest BCUT2D eigenvalue weighted by molar-refractivity contribution is 9.10. The van der Waals surface area contributed by atoms with Gasteiger partial charge in [-0.25, -0.2) is 0 Å². The molecule has 1 saturated carbocycles. The van der Waals surface area contributed by atoms with Crippen LogP contribution >= 0.6 is 15.9 Å². The third-order valence-corrected chi connectivity index (χ3v) is 4.71.